The molecule has 0 atom stereocenters. The number of aliphatic hydroxyl groups is 1. The third-order valence-electron chi connectivity index (χ3n) is 5.92. The molecule has 3 rings (SSSR count). The first kappa shape index (κ1) is 21.9. The minimum absolute atomic E-state index is 0.00387. The molecule has 0 spiro atoms. The normalized spacial score (nSPS) is 15.7. The van der Waals surface area contributed by atoms with Crippen molar-refractivity contribution in [1.82, 2.24) is 9.55 Å². The molecule has 1 aromatic heterocycles. The highest BCUT2D eigenvalue weighted by molar-refractivity contribution is 5.82. The van der Waals surface area contributed by atoms with Gasteiger partial charge in [0, 0.05) is 25.3 Å². The minimum atomic E-state index is -1.12. The Balaban J connectivity index is 1.94. The van der Waals surface area contributed by atoms with Crippen LogP contribution >= 0.6 is 0 Å². The van der Waals surface area contributed by atoms with Gasteiger partial charge in [0.25, 0.3) is 0 Å². The monoisotopic (exact) mass is 402 g/mol. The Hall–Kier alpha value is -1.75. The largest absolute Gasteiger partial charge is 0.386 e. The number of halogens is 1. The molecule has 29 heavy (non-hydrogen) atoms. The lowest BCUT2D eigenvalue weighted by atomic mass is 9.88. The molecule has 1 N–H and O–H groups in total. The number of benzene rings is 1. The molecule has 160 valence electrons. The predicted molar refractivity (Wildman–Crippen MR) is 115 cm³/mol. The molecular formula is C24H35FN2O2. The van der Waals surface area contributed by atoms with E-state index >= 15 is 0 Å². The standard InChI is InChI=1S/C24H35FN2O2/c1-15-18(24(5,6)29)13-19(25)21-22(15)27(16-9-7-10-16)20(26-21)12-8-11-17(28)14-23(2,3)4/h13,16,29H,7-12,14H2,1-6H3. The first-order chi connectivity index (χ1) is 13.4. The van der Waals surface area contributed by atoms with Gasteiger partial charge in [-0.15, -0.1) is 0 Å². The number of rotatable bonds is 7. The van der Waals surface area contributed by atoms with E-state index in [4.69, 9.17) is 0 Å². The summed E-state index contributed by atoms with van der Waals surface area (Å²) in [6, 6.07) is 1.75. The van der Waals surface area contributed by atoms with Crippen LogP contribution in [0.15, 0.2) is 6.07 Å². The van der Waals surface area contributed by atoms with Gasteiger partial charge in [0.05, 0.1) is 11.1 Å². The Morgan fingerprint density at radius 1 is 1.28 bits per heavy atom. The summed E-state index contributed by atoms with van der Waals surface area (Å²) in [5, 5.41) is 10.5. The molecule has 0 amide bonds. The lowest BCUT2D eigenvalue weighted by molar-refractivity contribution is -0.120. The fraction of sp³-hybridized carbons (Fsp3) is 0.667. The van der Waals surface area contributed by atoms with E-state index in [1.807, 2.05) is 6.92 Å². The van der Waals surface area contributed by atoms with Gasteiger partial charge >= 0.3 is 0 Å². The molecule has 0 bridgehead atoms. The van der Waals surface area contributed by atoms with Gasteiger partial charge in [-0.25, -0.2) is 9.37 Å². The number of fused-ring (bicyclic) bond motifs is 1. The molecule has 2 aromatic rings. The van der Waals surface area contributed by atoms with Crippen molar-refractivity contribution in [3.05, 3.63) is 28.8 Å². The van der Waals surface area contributed by atoms with Gasteiger partial charge in [0.1, 0.15) is 17.1 Å². The van der Waals surface area contributed by atoms with Crippen molar-refractivity contribution >= 4 is 16.8 Å². The Labute approximate surface area is 173 Å². The number of ketones is 1. The predicted octanol–water partition coefficient (Wildman–Crippen LogP) is 5.76. The summed E-state index contributed by atoms with van der Waals surface area (Å²) in [7, 11) is 0. The molecule has 1 fully saturated rings. The lowest BCUT2D eigenvalue weighted by Gasteiger charge is -2.30. The Kier molecular flexibility index (Phi) is 5.92. The fourth-order valence-electron chi connectivity index (χ4n) is 4.41. The molecule has 0 unspecified atom stereocenters. The summed E-state index contributed by atoms with van der Waals surface area (Å²) >= 11 is 0. The summed E-state index contributed by atoms with van der Waals surface area (Å²) < 4.78 is 17.1. The molecule has 1 heterocycles. The average molecular weight is 403 g/mol. The first-order valence-corrected chi connectivity index (χ1v) is 10.8. The fourth-order valence-corrected chi connectivity index (χ4v) is 4.41. The van der Waals surface area contributed by atoms with Gasteiger partial charge in [0.2, 0.25) is 0 Å². The van der Waals surface area contributed by atoms with E-state index in [1.165, 1.54) is 12.5 Å². The summed E-state index contributed by atoms with van der Waals surface area (Å²) in [6.07, 6.45) is 5.79. The number of carbonyl (C=O) groups is 1. The van der Waals surface area contributed by atoms with Crippen molar-refractivity contribution < 1.29 is 14.3 Å². The average Bonchev–Trinajstić information content (AvgIpc) is 2.86. The lowest BCUT2D eigenvalue weighted by Crippen LogP contribution is -2.22. The van der Waals surface area contributed by atoms with Crippen LogP contribution in [0.25, 0.3) is 11.0 Å². The molecule has 0 radical (unpaired) electrons. The Bertz CT molecular complexity index is 912. The SMILES string of the molecule is Cc1c(C(C)(C)O)cc(F)c2nc(CCCC(=O)CC(C)(C)C)n(C3CCC3)c12. The van der Waals surface area contributed by atoms with Crippen LogP contribution in [0.2, 0.25) is 0 Å². The second kappa shape index (κ2) is 7.82. The van der Waals surface area contributed by atoms with Gasteiger partial charge < -0.3 is 9.67 Å². The van der Waals surface area contributed by atoms with E-state index in [0.717, 1.165) is 36.2 Å². The van der Waals surface area contributed by atoms with Gasteiger partial charge in [-0.05, 0) is 69.1 Å². The van der Waals surface area contributed by atoms with E-state index in [-0.39, 0.29) is 17.0 Å². The molecule has 1 aromatic carbocycles. The maximum atomic E-state index is 14.9. The maximum absolute atomic E-state index is 14.9. The van der Waals surface area contributed by atoms with Crippen LogP contribution < -0.4 is 0 Å². The van der Waals surface area contributed by atoms with Crippen LogP contribution in [-0.2, 0) is 16.8 Å². The first-order valence-electron chi connectivity index (χ1n) is 10.8. The van der Waals surface area contributed by atoms with Crippen LogP contribution in [0, 0.1) is 18.2 Å². The van der Waals surface area contributed by atoms with Gasteiger partial charge in [-0.1, -0.05) is 20.8 Å². The second-order valence-corrected chi connectivity index (χ2v) is 10.4. The Morgan fingerprint density at radius 2 is 1.93 bits per heavy atom. The van der Waals surface area contributed by atoms with Gasteiger partial charge in [-0.2, -0.15) is 0 Å². The van der Waals surface area contributed by atoms with Gasteiger partial charge in [0.15, 0.2) is 5.82 Å². The van der Waals surface area contributed by atoms with E-state index in [0.29, 0.717) is 36.4 Å². The topological polar surface area (TPSA) is 55.1 Å². The van der Waals surface area contributed by atoms with E-state index in [1.54, 1.807) is 13.8 Å². The summed E-state index contributed by atoms with van der Waals surface area (Å²) in [5.41, 5.74) is 1.58. The molecule has 0 aliphatic heterocycles. The van der Waals surface area contributed by atoms with Crippen LogP contribution in [0.5, 0.6) is 0 Å². The van der Waals surface area contributed by atoms with Crippen molar-refractivity contribution in [3.8, 4) is 0 Å². The number of imidazole rings is 1. The molecule has 1 aliphatic carbocycles. The van der Waals surface area contributed by atoms with Crippen molar-refractivity contribution in [1.29, 1.82) is 0 Å². The van der Waals surface area contributed by atoms with Crippen molar-refractivity contribution in [2.45, 2.75) is 98.1 Å². The quantitative estimate of drug-likeness (QED) is 0.640. The molecular weight excluding hydrogens is 367 g/mol. The second-order valence-electron chi connectivity index (χ2n) is 10.4. The maximum Gasteiger partial charge on any atom is 0.151 e. The van der Waals surface area contributed by atoms with E-state index in [9.17, 15) is 14.3 Å². The van der Waals surface area contributed by atoms with Crippen LogP contribution in [0.3, 0.4) is 0 Å². The summed E-state index contributed by atoms with van der Waals surface area (Å²) in [5.74, 6) is 0.754. The van der Waals surface area contributed by atoms with E-state index in [2.05, 4.69) is 30.3 Å². The Morgan fingerprint density at radius 3 is 2.45 bits per heavy atom. The number of hydrogen-bond donors (Lipinski definition) is 1. The zero-order valence-corrected chi connectivity index (χ0v) is 18.7. The summed E-state index contributed by atoms with van der Waals surface area (Å²) in [6.45, 7) is 11.5. The molecule has 1 saturated carbocycles. The number of aryl methyl sites for hydroxylation is 2. The highest BCUT2D eigenvalue weighted by atomic mass is 19.1. The molecule has 5 heteroatoms. The van der Waals surface area contributed by atoms with Crippen LogP contribution in [0.4, 0.5) is 4.39 Å². The molecule has 4 nitrogen and oxygen atoms in total. The van der Waals surface area contributed by atoms with Gasteiger partial charge in [-0.3, -0.25) is 4.79 Å². The van der Waals surface area contributed by atoms with E-state index < -0.39 is 5.60 Å². The van der Waals surface area contributed by atoms with Crippen molar-refractivity contribution in [2.75, 3.05) is 0 Å². The third kappa shape index (κ3) is 4.71. The minimum Gasteiger partial charge on any atom is -0.386 e. The van der Waals surface area contributed by atoms with Crippen LogP contribution in [0.1, 0.15) is 96.1 Å². The number of nitrogens with zero attached hydrogens (tertiary/aromatic N) is 2. The van der Waals surface area contributed by atoms with Crippen molar-refractivity contribution in [2.24, 2.45) is 5.41 Å². The number of carbonyl (C=O) groups excluding carboxylic acids is 1. The molecule has 1 aliphatic rings. The smallest absolute Gasteiger partial charge is 0.151 e. The molecule has 0 saturated heterocycles. The highest BCUT2D eigenvalue weighted by Gasteiger charge is 2.30. The number of Topliss-reactive ketones (excluding diaryl/α,β-unsaturated/α-hetero) is 1. The summed E-state index contributed by atoms with van der Waals surface area (Å²) in [4.78, 5) is 16.9. The van der Waals surface area contributed by atoms with Crippen LogP contribution in [-0.4, -0.2) is 20.4 Å². The third-order valence-corrected chi connectivity index (χ3v) is 5.92. The number of hydrogen-bond acceptors (Lipinski definition) is 3. The van der Waals surface area contributed by atoms with Crippen molar-refractivity contribution in [3.63, 3.8) is 0 Å². The number of aromatic nitrogens is 2. The zero-order valence-electron chi connectivity index (χ0n) is 18.7. The highest BCUT2D eigenvalue weighted by Crippen LogP contribution is 2.39. The zero-order chi connectivity index (χ0) is 21.6.